The van der Waals surface area contributed by atoms with Crippen molar-refractivity contribution >= 4 is 29.2 Å². The van der Waals surface area contributed by atoms with E-state index in [1.807, 2.05) is 6.92 Å². The predicted octanol–water partition coefficient (Wildman–Crippen LogP) is 1.91. The quantitative estimate of drug-likeness (QED) is 0.713. The first-order valence-electron chi connectivity index (χ1n) is 5.54. The molecule has 0 aromatic heterocycles. The molecule has 1 aromatic rings. The van der Waals surface area contributed by atoms with Crippen molar-refractivity contribution < 1.29 is 14.7 Å². The second kappa shape index (κ2) is 6.26. The molecule has 0 saturated carbocycles. The summed E-state index contributed by atoms with van der Waals surface area (Å²) in [7, 11) is 0. The number of carbonyl (C=O) groups excluding carboxylic acids is 1. The van der Waals surface area contributed by atoms with Crippen LogP contribution in [0.15, 0.2) is 18.2 Å². The van der Waals surface area contributed by atoms with Gasteiger partial charge < -0.3 is 16.2 Å². The maximum absolute atomic E-state index is 11.8. The number of carboxylic acids is 1. The lowest BCUT2D eigenvalue weighted by molar-refractivity contribution is -0.139. The summed E-state index contributed by atoms with van der Waals surface area (Å²) in [5.74, 6) is -1.52. The van der Waals surface area contributed by atoms with E-state index >= 15 is 0 Å². The second-order valence-electron chi connectivity index (χ2n) is 3.89. The highest BCUT2D eigenvalue weighted by molar-refractivity contribution is 6.33. The number of halogens is 1. The molecule has 5 nitrogen and oxygen atoms in total. The van der Waals surface area contributed by atoms with Gasteiger partial charge in [0.1, 0.15) is 6.04 Å². The molecule has 1 amide bonds. The SMILES string of the molecule is CCC[C@H](NC(=O)c1ccc(N)c(Cl)c1)C(=O)O. The van der Waals surface area contributed by atoms with Gasteiger partial charge in [-0.25, -0.2) is 4.79 Å². The second-order valence-corrected chi connectivity index (χ2v) is 4.30. The van der Waals surface area contributed by atoms with Gasteiger partial charge in [0.25, 0.3) is 5.91 Å². The largest absolute Gasteiger partial charge is 0.480 e. The van der Waals surface area contributed by atoms with Crippen LogP contribution in [0.25, 0.3) is 0 Å². The number of hydrogen-bond donors (Lipinski definition) is 3. The number of amides is 1. The van der Waals surface area contributed by atoms with E-state index in [2.05, 4.69) is 5.32 Å². The average molecular weight is 271 g/mol. The lowest BCUT2D eigenvalue weighted by Crippen LogP contribution is -2.40. The highest BCUT2D eigenvalue weighted by Crippen LogP contribution is 2.19. The number of carboxylic acid groups (broad SMARTS) is 1. The Balaban J connectivity index is 2.80. The van der Waals surface area contributed by atoms with Crippen LogP contribution in [0.3, 0.4) is 0 Å². The molecular formula is C12H15ClN2O3. The van der Waals surface area contributed by atoms with E-state index < -0.39 is 17.9 Å². The highest BCUT2D eigenvalue weighted by Gasteiger charge is 2.19. The number of anilines is 1. The summed E-state index contributed by atoms with van der Waals surface area (Å²) in [5.41, 5.74) is 6.19. The zero-order valence-electron chi connectivity index (χ0n) is 9.94. The molecule has 0 aliphatic rings. The number of nitrogens with two attached hydrogens (primary N) is 1. The summed E-state index contributed by atoms with van der Waals surface area (Å²) in [4.78, 5) is 22.7. The molecule has 0 fully saturated rings. The Morgan fingerprint density at radius 1 is 1.50 bits per heavy atom. The minimum Gasteiger partial charge on any atom is -0.480 e. The summed E-state index contributed by atoms with van der Waals surface area (Å²) >= 11 is 5.80. The van der Waals surface area contributed by atoms with E-state index in [1.54, 1.807) is 0 Å². The van der Waals surface area contributed by atoms with Gasteiger partial charge in [0.05, 0.1) is 10.7 Å². The zero-order chi connectivity index (χ0) is 13.7. The normalized spacial score (nSPS) is 11.9. The Hall–Kier alpha value is -1.75. The van der Waals surface area contributed by atoms with Crippen LogP contribution < -0.4 is 11.1 Å². The van der Waals surface area contributed by atoms with Crippen LogP contribution in [-0.2, 0) is 4.79 Å². The maximum Gasteiger partial charge on any atom is 0.326 e. The van der Waals surface area contributed by atoms with Gasteiger partial charge in [0.2, 0.25) is 0 Å². The summed E-state index contributed by atoms with van der Waals surface area (Å²) < 4.78 is 0. The zero-order valence-corrected chi connectivity index (χ0v) is 10.7. The van der Waals surface area contributed by atoms with E-state index in [0.717, 1.165) is 0 Å². The van der Waals surface area contributed by atoms with Gasteiger partial charge in [-0.15, -0.1) is 0 Å². The molecule has 0 aliphatic heterocycles. The van der Waals surface area contributed by atoms with Gasteiger partial charge >= 0.3 is 5.97 Å². The molecule has 0 heterocycles. The molecule has 98 valence electrons. The van der Waals surface area contributed by atoms with E-state index in [9.17, 15) is 9.59 Å². The predicted molar refractivity (Wildman–Crippen MR) is 69.7 cm³/mol. The monoisotopic (exact) mass is 270 g/mol. The van der Waals surface area contributed by atoms with Crippen LogP contribution in [0.4, 0.5) is 5.69 Å². The third-order valence-corrected chi connectivity index (χ3v) is 2.77. The van der Waals surface area contributed by atoms with Gasteiger partial charge in [-0.05, 0) is 24.6 Å². The molecule has 1 atom stereocenters. The number of rotatable bonds is 5. The third kappa shape index (κ3) is 3.63. The van der Waals surface area contributed by atoms with Crippen LogP contribution >= 0.6 is 11.6 Å². The van der Waals surface area contributed by atoms with E-state index in [-0.39, 0.29) is 10.6 Å². The number of hydrogen-bond acceptors (Lipinski definition) is 3. The lowest BCUT2D eigenvalue weighted by Gasteiger charge is -2.13. The van der Waals surface area contributed by atoms with Crippen molar-refractivity contribution in [1.82, 2.24) is 5.32 Å². The van der Waals surface area contributed by atoms with Crippen molar-refractivity contribution in [3.05, 3.63) is 28.8 Å². The molecule has 0 aliphatic carbocycles. The number of benzene rings is 1. The Morgan fingerprint density at radius 2 is 2.17 bits per heavy atom. The fourth-order valence-electron chi connectivity index (χ4n) is 1.46. The fourth-order valence-corrected chi connectivity index (χ4v) is 1.64. The molecule has 0 radical (unpaired) electrons. The van der Waals surface area contributed by atoms with Crippen molar-refractivity contribution in [3.63, 3.8) is 0 Å². The smallest absolute Gasteiger partial charge is 0.326 e. The molecule has 0 saturated heterocycles. The van der Waals surface area contributed by atoms with E-state index in [1.165, 1.54) is 18.2 Å². The van der Waals surface area contributed by atoms with E-state index in [0.29, 0.717) is 18.5 Å². The Kier molecular flexibility index (Phi) is 4.97. The van der Waals surface area contributed by atoms with Gasteiger partial charge in [-0.3, -0.25) is 4.79 Å². The van der Waals surface area contributed by atoms with Crippen molar-refractivity contribution in [1.29, 1.82) is 0 Å². The first kappa shape index (κ1) is 14.3. The van der Waals surface area contributed by atoms with Crippen LogP contribution in [-0.4, -0.2) is 23.0 Å². The lowest BCUT2D eigenvalue weighted by atomic mass is 10.1. The van der Waals surface area contributed by atoms with Crippen LogP contribution in [0, 0.1) is 0 Å². The fraction of sp³-hybridized carbons (Fsp3) is 0.333. The molecule has 6 heteroatoms. The van der Waals surface area contributed by atoms with Gasteiger partial charge in [0.15, 0.2) is 0 Å². The van der Waals surface area contributed by atoms with Gasteiger partial charge in [0, 0.05) is 5.56 Å². The average Bonchev–Trinajstić information content (AvgIpc) is 2.31. The van der Waals surface area contributed by atoms with Crippen LogP contribution in [0.2, 0.25) is 5.02 Å². The summed E-state index contributed by atoms with van der Waals surface area (Å²) in [6.45, 7) is 1.85. The number of nitrogens with one attached hydrogen (secondary N) is 1. The van der Waals surface area contributed by atoms with Crippen molar-refractivity contribution in [3.8, 4) is 0 Å². The number of nitrogen functional groups attached to an aromatic ring is 1. The maximum atomic E-state index is 11.8. The minimum absolute atomic E-state index is 0.269. The Bertz CT molecular complexity index is 463. The third-order valence-electron chi connectivity index (χ3n) is 2.44. The Morgan fingerprint density at radius 3 is 2.67 bits per heavy atom. The molecule has 1 aromatic carbocycles. The van der Waals surface area contributed by atoms with E-state index in [4.69, 9.17) is 22.4 Å². The van der Waals surface area contributed by atoms with Gasteiger partial charge in [-0.2, -0.15) is 0 Å². The number of aliphatic carboxylic acids is 1. The molecule has 0 bridgehead atoms. The Labute approximate surface area is 110 Å². The molecule has 4 N–H and O–H groups in total. The van der Waals surface area contributed by atoms with Gasteiger partial charge in [-0.1, -0.05) is 24.9 Å². The molecule has 0 unspecified atom stereocenters. The topological polar surface area (TPSA) is 92.4 Å². The molecule has 1 rings (SSSR count). The molecule has 0 spiro atoms. The standard InChI is InChI=1S/C12H15ClN2O3/c1-2-3-10(12(17)18)15-11(16)7-4-5-9(14)8(13)6-7/h4-6,10H,2-3,14H2,1H3,(H,15,16)(H,17,18)/t10-/m0/s1. The summed E-state index contributed by atoms with van der Waals surface area (Å²) in [6.07, 6.45) is 1.05. The molecular weight excluding hydrogens is 256 g/mol. The number of carbonyl (C=O) groups is 2. The van der Waals surface area contributed by atoms with Crippen LogP contribution in [0.5, 0.6) is 0 Å². The summed E-state index contributed by atoms with van der Waals surface area (Å²) in [6, 6.07) is 3.53. The van der Waals surface area contributed by atoms with Crippen LogP contribution in [0.1, 0.15) is 30.1 Å². The first-order chi connectivity index (χ1) is 8.45. The van der Waals surface area contributed by atoms with Crippen molar-refractivity contribution in [2.75, 3.05) is 5.73 Å². The summed E-state index contributed by atoms with van der Waals surface area (Å²) in [5, 5.41) is 11.6. The van der Waals surface area contributed by atoms with Crippen molar-refractivity contribution in [2.45, 2.75) is 25.8 Å². The first-order valence-corrected chi connectivity index (χ1v) is 5.92. The minimum atomic E-state index is -1.05. The van der Waals surface area contributed by atoms with Crippen molar-refractivity contribution in [2.24, 2.45) is 0 Å². The molecule has 18 heavy (non-hydrogen) atoms. The highest BCUT2D eigenvalue weighted by atomic mass is 35.5.